The van der Waals surface area contributed by atoms with Crippen LogP contribution in [-0.4, -0.2) is 6.54 Å². The SMILES string of the molecule is NCCCC1Cc2c(ccc3ccc(=O)oc23)OC1c1cc(F)c(F)cc1F. The summed E-state index contributed by atoms with van der Waals surface area (Å²) in [7, 11) is 0. The minimum absolute atomic E-state index is 0.0406. The van der Waals surface area contributed by atoms with Crippen molar-refractivity contribution < 1.29 is 22.3 Å². The topological polar surface area (TPSA) is 65.5 Å². The lowest BCUT2D eigenvalue weighted by Crippen LogP contribution is -2.28. The zero-order valence-corrected chi connectivity index (χ0v) is 14.9. The number of halogens is 3. The lowest BCUT2D eigenvalue weighted by atomic mass is 9.83. The molecule has 2 heterocycles. The van der Waals surface area contributed by atoms with Crippen molar-refractivity contribution in [1.29, 1.82) is 0 Å². The van der Waals surface area contributed by atoms with Crippen molar-refractivity contribution in [3.63, 3.8) is 0 Å². The lowest BCUT2D eigenvalue weighted by molar-refractivity contribution is 0.103. The summed E-state index contributed by atoms with van der Waals surface area (Å²) in [5.41, 5.74) is 6.23. The van der Waals surface area contributed by atoms with Crippen LogP contribution in [0.4, 0.5) is 13.2 Å². The summed E-state index contributed by atoms with van der Waals surface area (Å²) >= 11 is 0. The molecular weight excluding hydrogens is 371 g/mol. The smallest absolute Gasteiger partial charge is 0.336 e. The molecule has 0 spiro atoms. The predicted molar refractivity (Wildman–Crippen MR) is 97.7 cm³/mol. The van der Waals surface area contributed by atoms with Crippen LogP contribution in [0.1, 0.15) is 30.1 Å². The maximum absolute atomic E-state index is 14.4. The molecule has 0 amide bonds. The molecule has 1 aliphatic rings. The van der Waals surface area contributed by atoms with Gasteiger partial charge in [-0.05, 0) is 50.1 Å². The van der Waals surface area contributed by atoms with Gasteiger partial charge in [0.25, 0.3) is 0 Å². The van der Waals surface area contributed by atoms with Crippen molar-refractivity contribution in [2.75, 3.05) is 6.54 Å². The third kappa shape index (κ3) is 3.26. The Labute approximate surface area is 158 Å². The van der Waals surface area contributed by atoms with Crippen LogP contribution >= 0.6 is 0 Å². The second-order valence-corrected chi connectivity index (χ2v) is 6.94. The minimum atomic E-state index is -1.25. The first-order chi connectivity index (χ1) is 13.5. The molecule has 4 nitrogen and oxygen atoms in total. The van der Waals surface area contributed by atoms with Gasteiger partial charge in [-0.3, -0.25) is 0 Å². The molecule has 28 heavy (non-hydrogen) atoms. The molecule has 0 radical (unpaired) electrons. The van der Waals surface area contributed by atoms with E-state index in [9.17, 15) is 18.0 Å². The molecule has 146 valence electrons. The highest BCUT2D eigenvalue weighted by Crippen LogP contribution is 2.44. The maximum Gasteiger partial charge on any atom is 0.336 e. The van der Waals surface area contributed by atoms with Crippen LogP contribution in [0, 0.1) is 23.4 Å². The molecule has 1 aliphatic heterocycles. The molecule has 4 rings (SSSR count). The average molecular weight is 389 g/mol. The van der Waals surface area contributed by atoms with Gasteiger partial charge in [-0.25, -0.2) is 18.0 Å². The summed E-state index contributed by atoms with van der Waals surface area (Å²) in [6, 6.07) is 7.82. The third-order valence-corrected chi connectivity index (χ3v) is 5.12. The number of hydrogen-bond acceptors (Lipinski definition) is 4. The van der Waals surface area contributed by atoms with Gasteiger partial charge in [-0.2, -0.15) is 0 Å². The second-order valence-electron chi connectivity index (χ2n) is 6.94. The van der Waals surface area contributed by atoms with Crippen LogP contribution < -0.4 is 16.1 Å². The van der Waals surface area contributed by atoms with Crippen molar-refractivity contribution in [3.05, 3.63) is 75.4 Å². The molecule has 0 saturated carbocycles. The number of rotatable bonds is 4. The van der Waals surface area contributed by atoms with Gasteiger partial charge < -0.3 is 14.9 Å². The molecule has 0 aliphatic carbocycles. The molecule has 0 bridgehead atoms. The Bertz CT molecular complexity index is 1100. The highest BCUT2D eigenvalue weighted by Gasteiger charge is 2.35. The summed E-state index contributed by atoms with van der Waals surface area (Å²) in [5, 5.41) is 0.747. The molecule has 0 saturated heterocycles. The Balaban J connectivity index is 1.82. The normalized spacial score (nSPS) is 18.7. The first kappa shape index (κ1) is 18.6. The van der Waals surface area contributed by atoms with E-state index in [2.05, 4.69) is 0 Å². The third-order valence-electron chi connectivity index (χ3n) is 5.12. The van der Waals surface area contributed by atoms with Gasteiger partial charge in [-0.15, -0.1) is 0 Å². The molecule has 2 unspecified atom stereocenters. The fourth-order valence-corrected chi connectivity index (χ4v) is 3.78. The van der Waals surface area contributed by atoms with Crippen molar-refractivity contribution >= 4 is 11.0 Å². The Morgan fingerprint density at radius 2 is 1.79 bits per heavy atom. The summed E-state index contributed by atoms with van der Waals surface area (Å²) in [6.45, 7) is 0.432. The standard InChI is InChI=1S/C21H18F3NO3/c22-15-10-17(24)16(23)9-13(15)21-12(2-1-7-25)8-14-18(27-21)5-3-11-4-6-19(26)28-20(11)14/h3-6,9-10,12,21H,1-2,7-8,25H2. The zero-order valence-electron chi connectivity index (χ0n) is 14.9. The van der Waals surface area contributed by atoms with Gasteiger partial charge in [0.1, 0.15) is 23.3 Å². The van der Waals surface area contributed by atoms with Gasteiger partial charge in [0, 0.05) is 34.6 Å². The molecule has 3 aromatic rings. The molecule has 7 heteroatoms. The van der Waals surface area contributed by atoms with E-state index in [1.165, 1.54) is 6.07 Å². The van der Waals surface area contributed by atoms with Crippen molar-refractivity contribution in [2.45, 2.75) is 25.4 Å². The van der Waals surface area contributed by atoms with Crippen LogP contribution in [-0.2, 0) is 6.42 Å². The number of benzene rings is 2. The second kappa shape index (κ2) is 7.31. The fourth-order valence-electron chi connectivity index (χ4n) is 3.78. The first-order valence-electron chi connectivity index (χ1n) is 9.05. The Morgan fingerprint density at radius 1 is 1.04 bits per heavy atom. The number of ether oxygens (including phenoxy) is 1. The van der Waals surface area contributed by atoms with E-state index in [0.29, 0.717) is 48.8 Å². The van der Waals surface area contributed by atoms with Crippen molar-refractivity contribution in [3.8, 4) is 5.75 Å². The Hall–Kier alpha value is -2.80. The average Bonchev–Trinajstić information content (AvgIpc) is 2.68. The molecule has 2 atom stereocenters. The Kier molecular flexibility index (Phi) is 4.85. The Morgan fingerprint density at radius 3 is 2.57 bits per heavy atom. The molecule has 2 N–H and O–H groups in total. The van der Waals surface area contributed by atoms with Crippen molar-refractivity contribution in [1.82, 2.24) is 0 Å². The van der Waals surface area contributed by atoms with Crippen LogP contribution in [0.2, 0.25) is 0 Å². The molecule has 1 aromatic heterocycles. The number of nitrogens with two attached hydrogens (primary N) is 1. The maximum atomic E-state index is 14.4. The summed E-state index contributed by atoms with van der Waals surface area (Å²) in [5.74, 6) is -3.06. The quantitative estimate of drug-likeness (QED) is 0.535. The van der Waals surface area contributed by atoms with E-state index >= 15 is 0 Å². The van der Waals surface area contributed by atoms with E-state index in [0.717, 1.165) is 11.5 Å². The molecular formula is C21H18F3NO3. The van der Waals surface area contributed by atoms with Crippen LogP contribution in [0.3, 0.4) is 0 Å². The highest BCUT2D eigenvalue weighted by molar-refractivity contribution is 5.82. The van der Waals surface area contributed by atoms with Gasteiger partial charge >= 0.3 is 5.63 Å². The highest BCUT2D eigenvalue weighted by atomic mass is 19.2. The lowest BCUT2D eigenvalue weighted by Gasteiger charge is -2.34. The zero-order chi connectivity index (χ0) is 19.8. The van der Waals surface area contributed by atoms with Crippen LogP contribution in [0.5, 0.6) is 5.75 Å². The van der Waals surface area contributed by atoms with Gasteiger partial charge in [0.15, 0.2) is 11.6 Å². The fraction of sp³-hybridized carbons (Fsp3) is 0.286. The molecule has 2 aromatic carbocycles. The van der Waals surface area contributed by atoms with Gasteiger partial charge in [-0.1, -0.05) is 0 Å². The van der Waals surface area contributed by atoms with Crippen molar-refractivity contribution in [2.24, 2.45) is 11.7 Å². The van der Waals surface area contributed by atoms with E-state index in [4.69, 9.17) is 14.9 Å². The van der Waals surface area contributed by atoms with E-state index in [1.54, 1.807) is 18.2 Å². The monoisotopic (exact) mass is 389 g/mol. The first-order valence-corrected chi connectivity index (χ1v) is 9.05. The van der Waals surface area contributed by atoms with Gasteiger partial charge in [0.2, 0.25) is 0 Å². The van der Waals surface area contributed by atoms with E-state index < -0.39 is 29.2 Å². The number of hydrogen-bond donors (Lipinski definition) is 1. The minimum Gasteiger partial charge on any atom is -0.485 e. The largest absolute Gasteiger partial charge is 0.485 e. The van der Waals surface area contributed by atoms with E-state index in [-0.39, 0.29) is 11.5 Å². The van der Waals surface area contributed by atoms with Crippen LogP contribution in [0.25, 0.3) is 11.0 Å². The van der Waals surface area contributed by atoms with Crippen LogP contribution in [0.15, 0.2) is 45.6 Å². The summed E-state index contributed by atoms with van der Waals surface area (Å²) in [6.07, 6.45) is 0.872. The molecule has 0 fully saturated rings. The summed E-state index contributed by atoms with van der Waals surface area (Å²) < 4.78 is 52.9. The van der Waals surface area contributed by atoms with Gasteiger partial charge in [0.05, 0.1) is 0 Å². The van der Waals surface area contributed by atoms with E-state index in [1.807, 2.05) is 0 Å². The predicted octanol–water partition coefficient (Wildman–Crippen LogP) is 4.24. The summed E-state index contributed by atoms with van der Waals surface area (Å²) in [4.78, 5) is 11.7. The number of fused-ring (bicyclic) bond motifs is 3.